The molecule has 0 saturated carbocycles. The summed E-state index contributed by atoms with van der Waals surface area (Å²) in [4.78, 5) is 13.6. The number of hydrogen-bond acceptors (Lipinski definition) is 3. The number of methoxy groups -OCH3 is 1. The van der Waals surface area contributed by atoms with Gasteiger partial charge in [0, 0.05) is 19.2 Å². The molecule has 0 atom stereocenters. The highest BCUT2D eigenvalue weighted by Crippen LogP contribution is 2.17. The summed E-state index contributed by atoms with van der Waals surface area (Å²) < 4.78 is 5.09. The minimum absolute atomic E-state index is 0.192. The summed E-state index contributed by atoms with van der Waals surface area (Å²) in [5.41, 5.74) is 1.70. The first-order valence-electron chi connectivity index (χ1n) is 6.99. The summed E-state index contributed by atoms with van der Waals surface area (Å²) in [6, 6.07) is 14.3. The van der Waals surface area contributed by atoms with Crippen molar-refractivity contribution in [2.45, 2.75) is 13.1 Å². The van der Waals surface area contributed by atoms with Crippen LogP contribution in [0.1, 0.15) is 11.1 Å². The lowest BCUT2D eigenvalue weighted by atomic mass is 10.2. The van der Waals surface area contributed by atoms with Crippen LogP contribution in [0, 0.1) is 0 Å². The van der Waals surface area contributed by atoms with Gasteiger partial charge in [0.2, 0.25) is 0 Å². The van der Waals surface area contributed by atoms with Crippen molar-refractivity contribution in [3.63, 3.8) is 0 Å². The van der Waals surface area contributed by atoms with Crippen molar-refractivity contribution >= 4 is 6.03 Å². The van der Waals surface area contributed by atoms with Gasteiger partial charge in [-0.1, -0.05) is 30.3 Å². The maximum Gasteiger partial charge on any atom is 0.317 e. The number of phenolic OH excluding ortho intramolecular Hbond substituents is 1. The van der Waals surface area contributed by atoms with E-state index >= 15 is 0 Å². The number of urea groups is 1. The van der Waals surface area contributed by atoms with Crippen LogP contribution in [0.25, 0.3) is 0 Å². The second-order valence-corrected chi connectivity index (χ2v) is 4.99. The van der Waals surface area contributed by atoms with E-state index in [0.717, 1.165) is 11.3 Å². The van der Waals surface area contributed by atoms with E-state index in [1.807, 2.05) is 30.3 Å². The molecule has 116 valence electrons. The molecule has 0 bridgehead atoms. The van der Waals surface area contributed by atoms with Crippen molar-refractivity contribution in [3.8, 4) is 11.5 Å². The Labute approximate surface area is 130 Å². The molecule has 22 heavy (non-hydrogen) atoms. The lowest BCUT2D eigenvalue weighted by Crippen LogP contribution is -2.36. The van der Waals surface area contributed by atoms with Crippen molar-refractivity contribution < 1.29 is 14.6 Å². The molecule has 0 saturated heterocycles. The average Bonchev–Trinajstić information content (AvgIpc) is 2.55. The molecular formula is C17H20N2O3. The maximum absolute atomic E-state index is 12.1. The van der Waals surface area contributed by atoms with E-state index in [1.54, 1.807) is 32.4 Å². The predicted octanol–water partition coefficient (Wildman–Crippen LogP) is 2.74. The number of rotatable bonds is 5. The highest BCUT2D eigenvalue weighted by molar-refractivity contribution is 5.73. The number of benzene rings is 2. The Kier molecular flexibility index (Phi) is 5.25. The third-order valence-electron chi connectivity index (χ3n) is 3.35. The predicted molar refractivity (Wildman–Crippen MR) is 84.8 cm³/mol. The monoisotopic (exact) mass is 300 g/mol. The summed E-state index contributed by atoms with van der Waals surface area (Å²) in [5, 5.41) is 12.6. The first-order valence-corrected chi connectivity index (χ1v) is 6.99. The van der Waals surface area contributed by atoms with Gasteiger partial charge in [0.05, 0.1) is 13.7 Å². The van der Waals surface area contributed by atoms with Gasteiger partial charge in [0.15, 0.2) is 0 Å². The summed E-state index contributed by atoms with van der Waals surface area (Å²) in [6.07, 6.45) is 0. The van der Waals surface area contributed by atoms with Crippen LogP contribution in [0.3, 0.4) is 0 Å². The van der Waals surface area contributed by atoms with Crippen molar-refractivity contribution in [3.05, 3.63) is 59.7 Å². The Morgan fingerprint density at radius 2 is 1.86 bits per heavy atom. The number of phenols is 1. The second kappa shape index (κ2) is 7.36. The highest BCUT2D eigenvalue weighted by Gasteiger charge is 2.10. The summed E-state index contributed by atoms with van der Waals surface area (Å²) in [7, 11) is 3.31. The Balaban J connectivity index is 1.87. The molecule has 2 aromatic rings. The zero-order valence-corrected chi connectivity index (χ0v) is 12.7. The number of nitrogens with zero attached hydrogens (tertiary/aromatic N) is 1. The Morgan fingerprint density at radius 3 is 2.50 bits per heavy atom. The molecule has 0 fully saturated rings. The highest BCUT2D eigenvalue weighted by atomic mass is 16.5. The number of amides is 2. The third-order valence-corrected chi connectivity index (χ3v) is 3.35. The van der Waals surface area contributed by atoms with Crippen LogP contribution in [0.5, 0.6) is 11.5 Å². The Morgan fingerprint density at radius 1 is 1.18 bits per heavy atom. The molecule has 0 heterocycles. The van der Waals surface area contributed by atoms with Crippen molar-refractivity contribution in [1.29, 1.82) is 0 Å². The summed E-state index contributed by atoms with van der Waals surface area (Å²) in [6.45, 7) is 0.787. The molecule has 5 nitrogen and oxygen atoms in total. The van der Waals surface area contributed by atoms with Crippen LogP contribution in [0.4, 0.5) is 4.79 Å². The van der Waals surface area contributed by atoms with Gasteiger partial charge in [0.25, 0.3) is 0 Å². The first kappa shape index (κ1) is 15.7. The van der Waals surface area contributed by atoms with E-state index in [-0.39, 0.29) is 11.8 Å². The smallest absolute Gasteiger partial charge is 0.317 e. The van der Waals surface area contributed by atoms with Crippen molar-refractivity contribution in [2.75, 3.05) is 14.2 Å². The number of para-hydroxylation sites is 1. The van der Waals surface area contributed by atoms with Crippen LogP contribution in [0.15, 0.2) is 48.5 Å². The van der Waals surface area contributed by atoms with E-state index in [1.165, 1.54) is 4.90 Å². The largest absolute Gasteiger partial charge is 0.508 e. The first-order chi connectivity index (χ1) is 10.6. The molecule has 0 radical (unpaired) electrons. The average molecular weight is 300 g/mol. The van der Waals surface area contributed by atoms with E-state index < -0.39 is 0 Å². The molecule has 5 heteroatoms. The zero-order chi connectivity index (χ0) is 15.9. The van der Waals surface area contributed by atoms with Gasteiger partial charge in [0.1, 0.15) is 11.5 Å². The fourth-order valence-electron chi connectivity index (χ4n) is 2.03. The molecule has 0 spiro atoms. The van der Waals surface area contributed by atoms with E-state index in [2.05, 4.69) is 5.32 Å². The maximum atomic E-state index is 12.1. The lowest BCUT2D eigenvalue weighted by molar-refractivity contribution is 0.206. The van der Waals surface area contributed by atoms with E-state index in [0.29, 0.717) is 18.7 Å². The standard InChI is InChI=1S/C17H20N2O3/c1-19(12-14-5-3-4-6-16(14)20)17(21)18-11-13-7-9-15(22-2)10-8-13/h3-10,20H,11-12H2,1-2H3,(H,18,21). The Hall–Kier alpha value is -2.69. The minimum Gasteiger partial charge on any atom is -0.508 e. The molecule has 2 N–H and O–H groups in total. The number of nitrogens with one attached hydrogen (secondary N) is 1. The van der Waals surface area contributed by atoms with Crippen LogP contribution < -0.4 is 10.1 Å². The van der Waals surface area contributed by atoms with Crippen molar-refractivity contribution in [1.82, 2.24) is 10.2 Å². The molecule has 0 aliphatic heterocycles. The van der Waals surface area contributed by atoms with Gasteiger partial charge in [-0.3, -0.25) is 0 Å². The van der Waals surface area contributed by atoms with Crippen LogP contribution in [-0.4, -0.2) is 30.2 Å². The van der Waals surface area contributed by atoms with E-state index in [9.17, 15) is 9.90 Å². The molecule has 0 unspecified atom stereocenters. The third kappa shape index (κ3) is 4.15. The van der Waals surface area contributed by atoms with E-state index in [4.69, 9.17) is 4.74 Å². The summed E-state index contributed by atoms with van der Waals surface area (Å²) >= 11 is 0. The normalized spacial score (nSPS) is 10.1. The second-order valence-electron chi connectivity index (χ2n) is 4.99. The number of aromatic hydroxyl groups is 1. The minimum atomic E-state index is -0.195. The van der Waals surface area contributed by atoms with Gasteiger partial charge >= 0.3 is 6.03 Å². The number of carbonyl (C=O) groups excluding carboxylic acids is 1. The molecule has 2 rings (SSSR count). The molecule has 2 aromatic carbocycles. The molecule has 2 amide bonds. The van der Waals surface area contributed by atoms with Gasteiger partial charge < -0.3 is 20.1 Å². The number of ether oxygens (including phenoxy) is 1. The lowest BCUT2D eigenvalue weighted by Gasteiger charge is -2.18. The SMILES string of the molecule is COc1ccc(CNC(=O)N(C)Cc2ccccc2O)cc1. The quantitative estimate of drug-likeness (QED) is 0.892. The van der Waals surface area contributed by atoms with Crippen LogP contribution >= 0.6 is 0 Å². The van der Waals surface area contributed by atoms with Gasteiger partial charge in [-0.2, -0.15) is 0 Å². The fraction of sp³-hybridized carbons (Fsp3) is 0.235. The summed E-state index contributed by atoms with van der Waals surface area (Å²) in [5.74, 6) is 0.976. The van der Waals surface area contributed by atoms with Crippen LogP contribution in [0.2, 0.25) is 0 Å². The van der Waals surface area contributed by atoms with Gasteiger partial charge in [-0.25, -0.2) is 4.79 Å². The zero-order valence-electron chi connectivity index (χ0n) is 12.7. The number of hydrogen-bond donors (Lipinski definition) is 2. The molecule has 0 aliphatic carbocycles. The molecule has 0 aliphatic rings. The topological polar surface area (TPSA) is 61.8 Å². The molecular weight excluding hydrogens is 280 g/mol. The van der Waals surface area contributed by atoms with Crippen molar-refractivity contribution in [2.24, 2.45) is 0 Å². The van der Waals surface area contributed by atoms with Gasteiger partial charge in [-0.05, 0) is 23.8 Å². The number of carbonyl (C=O) groups is 1. The van der Waals surface area contributed by atoms with Crippen LogP contribution in [-0.2, 0) is 13.1 Å². The van der Waals surface area contributed by atoms with Gasteiger partial charge in [-0.15, -0.1) is 0 Å². The molecule has 0 aromatic heterocycles. The fourth-order valence-corrected chi connectivity index (χ4v) is 2.03. The Bertz CT molecular complexity index is 626.